The van der Waals surface area contributed by atoms with Crippen LogP contribution in [-0.4, -0.2) is 55.4 Å². The topological polar surface area (TPSA) is 181 Å². The Morgan fingerprint density at radius 2 is 0.730 bits per heavy atom. The summed E-state index contributed by atoms with van der Waals surface area (Å²) in [5.41, 5.74) is 4.67. The molecule has 11 aromatic rings. The molecule has 11 aromatic carbocycles. The van der Waals surface area contributed by atoms with Gasteiger partial charge in [-0.25, -0.2) is 12.7 Å². The second kappa shape index (κ2) is 49.5. The molecule has 126 heavy (non-hydrogen) atoms. The van der Waals surface area contributed by atoms with Crippen LogP contribution in [0.1, 0.15) is 175 Å². The number of fused-ring (bicyclic) bond motifs is 5. The highest BCUT2D eigenvalue weighted by molar-refractivity contribution is 7.97. The fourth-order valence-corrected chi connectivity index (χ4v) is 24.3. The molecule has 1 aliphatic heterocycles. The van der Waals surface area contributed by atoms with Crippen molar-refractivity contribution in [2.45, 2.75) is 209 Å². The van der Waals surface area contributed by atoms with Gasteiger partial charge >= 0.3 is 0 Å². The highest BCUT2D eigenvalue weighted by atomic mass is 127. The van der Waals surface area contributed by atoms with Crippen molar-refractivity contribution < 1.29 is 102 Å². The number of sulfonamides is 1. The minimum absolute atomic E-state index is 0.0311. The molecule has 670 valence electrons. The zero-order chi connectivity index (χ0) is 91.9. The fraction of sp³-hybridized carbons (Fsp3) is 0.337. The molecule has 5 aliphatic rings. The minimum Gasteiger partial charge on any atom is -0.691 e. The largest absolute Gasteiger partial charge is 0.691 e. The Bertz CT molecular complexity index is 5000. The van der Waals surface area contributed by atoms with Crippen LogP contribution in [0.5, 0.6) is 5.75 Å². The molecule has 0 N–H and O–H groups in total. The molecule has 13 nitrogen and oxygen atoms in total. The lowest BCUT2D eigenvalue weighted by Crippen LogP contribution is -3.34. The van der Waals surface area contributed by atoms with Crippen LogP contribution in [0.4, 0.5) is 0 Å². The van der Waals surface area contributed by atoms with Gasteiger partial charge in [-0.05, 0) is 259 Å². The molecule has 1 amide bonds. The number of hydrogen-bond donors (Lipinski definition) is 0. The van der Waals surface area contributed by atoms with E-state index < -0.39 is 15.9 Å². The van der Waals surface area contributed by atoms with Crippen LogP contribution >= 0.6 is 24.1 Å². The maximum atomic E-state index is 12.0. The molecule has 4 aliphatic carbocycles. The third kappa shape index (κ3) is 29.1. The molecule has 4 atom stereocenters. The molecule has 0 aromatic heterocycles. The third-order valence-electron chi connectivity index (χ3n) is 23.8. The summed E-state index contributed by atoms with van der Waals surface area (Å²) in [4.78, 5) is 45.8. The molecule has 4 saturated carbocycles. The van der Waals surface area contributed by atoms with Gasteiger partial charge in [0.1, 0.15) is 32.0 Å². The van der Waals surface area contributed by atoms with Crippen molar-refractivity contribution in [1.82, 2.24) is 4.31 Å². The number of halogens is 2. The van der Waals surface area contributed by atoms with E-state index in [1.165, 1.54) is 72.4 Å². The van der Waals surface area contributed by atoms with Crippen molar-refractivity contribution in [3.8, 4) is 5.75 Å². The fourth-order valence-electron chi connectivity index (χ4n) is 15.7. The maximum absolute atomic E-state index is 12.0. The van der Waals surface area contributed by atoms with Gasteiger partial charge in [-0.3, -0.25) is 24.5 Å². The molecule has 0 saturated heterocycles. The van der Waals surface area contributed by atoms with Gasteiger partial charge in [0.05, 0.1) is 34.0 Å². The third-order valence-corrected chi connectivity index (χ3v) is 33.8. The molecular weight excluding hydrogens is 1930 g/mol. The Labute approximate surface area is 802 Å². The summed E-state index contributed by atoms with van der Waals surface area (Å²) in [7, 11) is -2.42. The lowest BCUT2D eigenvalue weighted by atomic mass is 9.70. The summed E-state index contributed by atoms with van der Waals surface area (Å²) >= 11 is 12.7. The van der Waals surface area contributed by atoms with Gasteiger partial charge in [-0.15, -0.1) is 0 Å². The number of Topliss-reactive ketones (excluding diaryl/α,β-unsaturated/α-hetero) is 2. The maximum Gasteiger partial charge on any atom is 0.296 e. The first-order chi connectivity index (χ1) is 59.9. The zero-order valence-corrected chi connectivity index (χ0v) is 85.7. The van der Waals surface area contributed by atoms with Gasteiger partial charge in [-0.2, -0.15) is 8.67 Å². The van der Waals surface area contributed by atoms with Gasteiger partial charge in [0, 0.05) is 66.3 Å². The Hall–Kier alpha value is -6.70. The highest BCUT2D eigenvalue weighted by Gasteiger charge is 2.65. The number of nitrogens with zero attached hydrogens (tertiary/aromatic N) is 1. The number of ether oxygens (including phenoxy) is 1. The van der Waals surface area contributed by atoms with E-state index in [0.717, 1.165) is 89.1 Å². The highest BCUT2D eigenvalue weighted by Crippen LogP contribution is 2.66. The summed E-state index contributed by atoms with van der Waals surface area (Å²) in [6, 6.07) is 104. The predicted molar refractivity (Wildman–Crippen MR) is 514 cm³/mol. The summed E-state index contributed by atoms with van der Waals surface area (Å²) in [6.07, 6.45) is 7.67. The van der Waals surface area contributed by atoms with Crippen LogP contribution in [-0.2, 0) is 102 Å². The molecule has 4 bridgehead atoms. The van der Waals surface area contributed by atoms with Crippen molar-refractivity contribution in [1.29, 1.82) is 0 Å². The molecule has 16 rings (SSSR count). The number of carbonyl (C=O) groups is 3. The Kier molecular flexibility index (Phi) is 41.1. The molecule has 4 unspecified atom stereocenters. The Balaban J connectivity index is 0.000000180. The van der Waals surface area contributed by atoms with E-state index in [2.05, 4.69) is 359 Å². The van der Waals surface area contributed by atoms with E-state index in [1.54, 1.807) is 12.1 Å². The number of benzene rings is 11. The SMILES string of the molecule is CC(C)(C)c1ccc([IH+])cc1.CC(C)(C)c1ccc([IH+])cc1.CC(C)(C)c1ccc([S+](c2ccccc2)c2ccccc2)cc1.CC1(C)C2CCC1(CSOO[O-])C(=O)C2.CC1(C)C2CCC1(CSOO[O-])C(=O)C2.CCCCOc1ccc([S+](c2ccccc2)c2ccccc2)cc1.CN1C(=O)c2ccccc2S1(=O)=O.[SH2+]c1ccccc1.[SH2+]c1ccccc1. The summed E-state index contributed by atoms with van der Waals surface area (Å²) in [6.45, 7) is 31.7. The summed E-state index contributed by atoms with van der Waals surface area (Å²) in [5.74, 6) is 3.19. The van der Waals surface area contributed by atoms with Crippen LogP contribution in [0.3, 0.4) is 0 Å². The molecule has 0 radical (unpaired) electrons. The van der Waals surface area contributed by atoms with Crippen molar-refractivity contribution in [2.75, 3.05) is 25.2 Å². The number of hydrogen-bond acceptors (Lipinski definition) is 14. The van der Waals surface area contributed by atoms with Gasteiger partial charge in [0.2, 0.25) is 0 Å². The van der Waals surface area contributed by atoms with Gasteiger partial charge in [-0.1, -0.05) is 261 Å². The van der Waals surface area contributed by atoms with E-state index in [1.807, 2.05) is 106 Å². The molecule has 0 spiro atoms. The first-order valence-corrected chi connectivity index (χ1v) is 51.4. The normalized spacial score (nSPS) is 18.1. The minimum atomic E-state index is -3.55. The van der Waals surface area contributed by atoms with Crippen LogP contribution in [0.2, 0.25) is 0 Å². The molecule has 4 fully saturated rings. The van der Waals surface area contributed by atoms with Crippen molar-refractivity contribution in [2.24, 2.45) is 33.5 Å². The van der Waals surface area contributed by atoms with E-state index in [0.29, 0.717) is 47.7 Å². The van der Waals surface area contributed by atoms with E-state index in [-0.39, 0.29) is 70.2 Å². The van der Waals surface area contributed by atoms with Gasteiger partial charge < -0.3 is 15.3 Å². The number of amides is 1. The number of carbonyl (C=O) groups excluding carboxylic acids is 3. The van der Waals surface area contributed by atoms with Crippen molar-refractivity contribution >= 4 is 98.6 Å². The van der Waals surface area contributed by atoms with E-state index in [9.17, 15) is 33.3 Å². The molecule has 22 heteroatoms. The summed E-state index contributed by atoms with van der Waals surface area (Å²) in [5, 5.41) is 26.1. The average Bonchev–Trinajstić information content (AvgIpc) is 1.56. The lowest BCUT2D eigenvalue weighted by molar-refractivity contribution is -0.777. The summed E-state index contributed by atoms with van der Waals surface area (Å²) < 4.78 is 40.8. The van der Waals surface area contributed by atoms with Crippen molar-refractivity contribution in [3.05, 3.63) is 333 Å². The average molecular weight is 2060 g/mol. The van der Waals surface area contributed by atoms with Crippen LogP contribution in [0.15, 0.2) is 347 Å². The Morgan fingerprint density at radius 3 is 1.00 bits per heavy atom. The second-order valence-corrected chi connectivity index (χ2v) is 46.7. The Morgan fingerprint density at radius 1 is 0.437 bits per heavy atom. The molecular formula is C104H125I2NO12S7+4. The van der Waals surface area contributed by atoms with Gasteiger partial charge in [0.15, 0.2) is 36.5 Å². The predicted octanol–water partition coefficient (Wildman–Crippen LogP) is 16.0. The van der Waals surface area contributed by atoms with Gasteiger partial charge in [0.25, 0.3) is 61.1 Å². The zero-order valence-electron chi connectivity index (χ0n) is 75.0. The van der Waals surface area contributed by atoms with E-state index >= 15 is 0 Å². The standard InChI is InChI=1S/C22H23OS.C22H23S.2C10H14I.2C10H16O4S.C8H7NO3S.2C6H6S/c1-2-3-18-23-19-14-16-22(17-15-19)24(20-10-6-4-7-11-20)21-12-8-5-9-13-21;1-22(2,3)18-14-16-21(17-15-18)23(19-10-6-4-7-11-19)20-12-8-5-9-13-20;2*1-10(2,3)8-4-6-9(11)7-5-8;2*1-9(2)7-3-4-10(9,8(11)5-7)6-15-14-13-12;1-9-8(10)6-4-2-3-5-7(6)13(9,11)12;2*7-6-4-2-1-3-5-6/h4-17H,2-3,18H2,1H3;4-17H,1-3H3;2*4-7,11H,1-3H3;2*7,12H,3-6H2,1-2H3;2-5H,1H3;2*1-5,7H/q4*+1;;;;;. The van der Waals surface area contributed by atoms with Crippen LogP contribution < -0.4 is 60.4 Å². The number of unbranched alkanes of at least 4 members (excludes halogenated alkanes) is 1. The second-order valence-electron chi connectivity index (χ2n) is 35.5. The quantitative estimate of drug-likeness (QED) is 0.0198. The number of ketones is 2. The van der Waals surface area contributed by atoms with Crippen LogP contribution in [0, 0.1) is 40.6 Å². The monoisotopic (exact) mass is 2060 g/mol. The lowest BCUT2D eigenvalue weighted by Gasteiger charge is -2.35. The first-order valence-electron chi connectivity index (χ1n) is 42.3. The van der Waals surface area contributed by atoms with E-state index in [4.69, 9.17) is 4.74 Å². The first kappa shape index (κ1) is 105. The smallest absolute Gasteiger partial charge is 0.296 e. The molecule has 1 heterocycles. The van der Waals surface area contributed by atoms with Crippen molar-refractivity contribution in [3.63, 3.8) is 0 Å². The number of rotatable bonds is 18. The van der Waals surface area contributed by atoms with Crippen LogP contribution in [0.25, 0.3) is 0 Å².